The van der Waals surface area contributed by atoms with Crippen molar-refractivity contribution in [3.63, 3.8) is 0 Å². The van der Waals surface area contributed by atoms with Crippen LogP contribution in [0.1, 0.15) is 12.6 Å². The van der Waals surface area contributed by atoms with Crippen LogP contribution in [0.5, 0.6) is 0 Å². The van der Waals surface area contributed by atoms with Crippen molar-refractivity contribution < 1.29 is 39.4 Å². The first-order chi connectivity index (χ1) is 9.16. The van der Waals surface area contributed by atoms with Crippen molar-refractivity contribution in [1.29, 1.82) is 0 Å². The predicted octanol–water partition coefficient (Wildman–Crippen LogP) is 0.859. The Kier molecular flexibility index (Phi) is 6.96. The van der Waals surface area contributed by atoms with Crippen molar-refractivity contribution in [3.8, 4) is 0 Å². The van der Waals surface area contributed by atoms with E-state index >= 15 is 0 Å². The summed E-state index contributed by atoms with van der Waals surface area (Å²) in [5.41, 5.74) is 1.72. The van der Waals surface area contributed by atoms with Crippen molar-refractivity contribution in [1.82, 2.24) is 0 Å². The molecule has 4 heteroatoms. The maximum absolute atomic E-state index is 11.8. The minimum atomic E-state index is -3.34. The number of rotatable bonds is 4. The summed E-state index contributed by atoms with van der Waals surface area (Å²) in [6.07, 6.45) is 3.18. The quantitative estimate of drug-likeness (QED) is 0.784. The zero-order valence-electron chi connectivity index (χ0n) is 12.3. The Balaban J connectivity index is 0.00000200. The van der Waals surface area contributed by atoms with E-state index in [1.54, 1.807) is 12.2 Å². The van der Waals surface area contributed by atoms with Crippen molar-refractivity contribution in [3.05, 3.63) is 82.6 Å². The van der Waals surface area contributed by atoms with Crippen molar-refractivity contribution >= 4 is 22.0 Å². The summed E-state index contributed by atoms with van der Waals surface area (Å²) in [4.78, 5) is 0. The van der Waals surface area contributed by atoms with Gasteiger partial charge in [-0.2, -0.15) is 0 Å². The monoisotopic (exact) mass is 294 g/mol. The third kappa shape index (κ3) is 5.88. The SMILES string of the molecule is O=S(=O)(C=Cc1ccccc1)C=Cc1ccccc1.[H-].[Na+]. The summed E-state index contributed by atoms with van der Waals surface area (Å²) in [5, 5.41) is 2.42. The van der Waals surface area contributed by atoms with Crippen LogP contribution in [-0.4, -0.2) is 8.42 Å². The number of hydrogen-bond donors (Lipinski definition) is 0. The molecule has 2 rings (SSSR count). The van der Waals surface area contributed by atoms with E-state index in [2.05, 4.69) is 0 Å². The molecule has 0 saturated heterocycles. The fourth-order valence-corrected chi connectivity index (χ4v) is 2.30. The van der Waals surface area contributed by atoms with E-state index in [1.165, 1.54) is 10.8 Å². The Hall–Kier alpha value is -1.13. The molecule has 20 heavy (non-hydrogen) atoms. The predicted molar refractivity (Wildman–Crippen MR) is 81.0 cm³/mol. The summed E-state index contributed by atoms with van der Waals surface area (Å²) in [6, 6.07) is 18.7. The Morgan fingerprint density at radius 1 is 0.700 bits per heavy atom. The van der Waals surface area contributed by atoms with Gasteiger partial charge in [-0.15, -0.1) is 0 Å². The molecule has 0 bridgehead atoms. The van der Waals surface area contributed by atoms with E-state index in [-0.39, 0.29) is 31.0 Å². The van der Waals surface area contributed by atoms with E-state index in [0.29, 0.717) is 0 Å². The van der Waals surface area contributed by atoms with Gasteiger partial charge in [0.1, 0.15) is 0 Å². The molecule has 0 spiro atoms. The van der Waals surface area contributed by atoms with Crippen LogP contribution in [0.15, 0.2) is 71.5 Å². The fourth-order valence-electron chi connectivity index (χ4n) is 1.52. The maximum atomic E-state index is 11.8. The van der Waals surface area contributed by atoms with Gasteiger partial charge in [-0.25, -0.2) is 8.42 Å². The average Bonchev–Trinajstić information content (AvgIpc) is 2.46. The molecule has 0 N–H and O–H groups in total. The summed E-state index contributed by atoms with van der Waals surface area (Å²) >= 11 is 0. The molecule has 0 aliphatic heterocycles. The van der Waals surface area contributed by atoms with Crippen LogP contribution >= 0.6 is 0 Å². The Morgan fingerprint density at radius 2 is 1.05 bits per heavy atom. The van der Waals surface area contributed by atoms with Crippen molar-refractivity contribution in [2.75, 3.05) is 0 Å². The van der Waals surface area contributed by atoms with Gasteiger partial charge in [-0.05, 0) is 23.3 Å². The Labute approximate surface area is 143 Å². The van der Waals surface area contributed by atoms with Gasteiger partial charge in [-0.1, -0.05) is 60.7 Å². The molecule has 0 atom stereocenters. The minimum Gasteiger partial charge on any atom is -1.00 e. The largest absolute Gasteiger partial charge is 1.00 e. The molecule has 0 radical (unpaired) electrons. The first kappa shape index (κ1) is 16.9. The van der Waals surface area contributed by atoms with Crippen LogP contribution in [0.25, 0.3) is 12.2 Å². The zero-order chi connectivity index (χ0) is 13.6. The molecule has 0 fully saturated rings. The molecule has 2 aromatic carbocycles. The molecule has 2 aromatic rings. The molecule has 0 heterocycles. The first-order valence-corrected chi connectivity index (χ1v) is 7.48. The van der Waals surface area contributed by atoms with Gasteiger partial charge in [-0.3, -0.25) is 0 Å². The van der Waals surface area contributed by atoms with Crippen LogP contribution in [-0.2, 0) is 9.84 Å². The Morgan fingerprint density at radius 3 is 1.40 bits per heavy atom. The molecule has 0 saturated carbocycles. The second kappa shape index (κ2) is 8.22. The van der Waals surface area contributed by atoms with Gasteiger partial charge in [0.05, 0.1) is 0 Å². The normalized spacial score (nSPS) is 11.6. The summed E-state index contributed by atoms with van der Waals surface area (Å²) in [5.74, 6) is 0. The molecule has 98 valence electrons. The van der Waals surface area contributed by atoms with Gasteiger partial charge >= 0.3 is 29.6 Å². The van der Waals surface area contributed by atoms with Crippen LogP contribution < -0.4 is 29.6 Å². The molecule has 2 nitrogen and oxygen atoms in total. The van der Waals surface area contributed by atoms with Gasteiger partial charge in [0.25, 0.3) is 0 Å². The zero-order valence-corrected chi connectivity index (χ0v) is 14.1. The molecular formula is C16H15NaO2S. The van der Waals surface area contributed by atoms with Crippen LogP contribution in [0.2, 0.25) is 0 Å². The Bertz CT molecular complexity index is 625. The van der Waals surface area contributed by atoms with E-state index in [9.17, 15) is 8.42 Å². The summed E-state index contributed by atoms with van der Waals surface area (Å²) < 4.78 is 23.6. The second-order valence-electron chi connectivity index (χ2n) is 4.02. The van der Waals surface area contributed by atoms with Crippen molar-refractivity contribution in [2.45, 2.75) is 0 Å². The standard InChI is InChI=1S/C16H14O2S.Na.H/c17-19(18,13-11-15-7-3-1-4-8-15)14-12-16-9-5-2-6-10-16;;/h1-14H;;/q;+1;-1. The van der Waals surface area contributed by atoms with E-state index in [1.807, 2.05) is 60.7 Å². The van der Waals surface area contributed by atoms with E-state index in [0.717, 1.165) is 11.1 Å². The number of sulfone groups is 1. The molecule has 0 aliphatic carbocycles. The minimum absolute atomic E-state index is 0. The molecule has 0 aromatic heterocycles. The average molecular weight is 294 g/mol. The fraction of sp³-hybridized carbons (Fsp3) is 0. The molecule has 0 unspecified atom stereocenters. The second-order valence-corrected chi connectivity index (χ2v) is 5.74. The first-order valence-electron chi connectivity index (χ1n) is 5.87. The van der Waals surface area contributed by atoms with Crippen LogP contribution in [0, 0.1) is 0 Å². The number of hydrogen-bond acceptors (Lipinski definition) is 2. The maximum Gasteiger partial charge on any atom is 1.00 e. The molecule has 0 amide bonds. The molecular weight excluding hydrogens is 279 g/mol. The summed E-state index contributed by atoms with van der Waals surface area (Å²) in [6.45, 7) is 0. The smallest absolute Gasteiger partial charge is 1.00 e. The number of benzene rings is 2. The van der Waals surface area contributed by atoms with Crippen molar-refractivity contribution in [2.24, 2.45) is 0 Å². The van der Waals surface area contributed by atoms with Gasteiger partial charge in [0.2, 0.25) is 0 Å². The van der Waals surface area contributed by atoms with E-state index in [4.69, 9.17) is 0 Å². The van der Waals surface area contributed by atoms with Gasteiger partial charge in [0.15, 0.2) is 9.84 Å². The third-order valence-corrected chi connectivity index (χ3v) is 3.53. The topological polar surface area (TPSA) is 34.1 Å². The van der Waals surface area contributed by atoms with Crippen LogP contribution in [0.4, 0.5) is 0 Å². The third-order valence-electron chi connectivity index (χ3n) is 2.50. The van der Waals surface area contributed by atoms with Gasteiger partial charge in [0, 0.05) is 10.8 Å². The van der Waals surface area contributed by atoms with Crippen LogP contribution in [0.3, 0.4) is 0 Å². The molecule has 0 aliphatic rings. The van der Waals surface area contributed by atoms with E-state index < -0.39 is 9.84 Å². The summed E-state index contributed by atoms with van der Waals surface area (Å²) in [7, 11) is -3.34. The van der Waals surface area contributed by atoms with Gasteiger partial charge < -0.3 is 1.43 Å².